The summed E-state index contributed by atoms with van der Waals surface area (Å²) >= 11 is 0. The smallest absolute Gasteiger partial charge is 0.345 e. The second-order valence-electron chi connectivity index (χ2n) is 5.49. The fraction of sp³-hybridized carbons (Fsp3) is 0.312. The van der Waals surface area contributed by atoms with E-state index >= 15 is 0 Å². The van der Waals surface area contributed by atoms with Gasteiger partial charge >= 0.3 is 6.18 Å². The van der Waals surface area contributed by atoms with Crippen LogP contribution < -0.4 is 16.2 Å². The van der Waals surface area contributed by atoms with E-state index in [0.29, 0.717) is 10.9 Å². The van der Waals surface area contributed by atoms with E-state index in [1.54, 1.807) is 24.3 Å². The number of alkyl halides is 3. The van der Waals surface area contributed by atoms with E-state index in [0.717, 1.165) is 0 Å². The average Bonchev–Trinajstić information content (AvgIpc) is 2.53. The molecule has 2 rings (SSSR count). The monoisotopic (exact) mass is 355 g/mol. The summed E-state index contributed by atoms with van der Waals surface area (Å²) in [7, 11) is 0. The van der Waals surface area contributed by atoms with Gasteiger partial charge in [0.05, 0.1) is 6.42 Å². The van der Waals surface area contributed by atoms with Crippen molar-refractivity contribution < 1.29 is 22.8 Å². The van der Waals surface area contributed by atoms with Crippen LogP contribution in [-0.4, -0.2) is 29.0 Å². The number of H-pyrrole nitrogens is 1. The number of fused-ring (bicyclic) bond motifs is 1. The summed E-state index contributed by atoms with van der Waals surface area (Å²) in [6.45, 7) is 1.32. The number of carbonyl (C=O) groups is 2. The molecule has 1 aromatic heterocycles. The van der Waals surface area contributed by atoms with Gasteiger partial charge in [-0.1, -0.05) is 18.2 Å². The number of aromatic nitrogens is 1. The molecule has 1 aromatic carbocycles. The minimum atomic E-state index is -4.44. The highest BCUT2D eigenvalue weighted by Crippen LogP contribution is 2.21. The predicted molar refractivity (Wildman–Crippen MR) is 86.1 cm³/mol. The van der Waals surface area contributed by atoms with Crippen LogP contribution in [0.25, 0.3) is 10.9 Å². The van der Waals surface area contributed by atoms with Gasteiger partial charge in [0.1, 0.15) is 11.7 Å². The molecule has 2 aromatic rings. The lowest BCUT2D eigenvalue weighted by atomic mass is 10.2. The lowest BCUT2D eigenvalue weighted by molar-refractivity contribution is -0.144. The van der Waals surface area contributed by atoms with E-state index in [4.69, 9.17) is 0 Å². The number of anilines is 1. The van der Waals surface area contributed by atoms with Crippen molar-refractivity contribution >= 4 is 28.4 Å². The quantitative estimate of drug-likeness (QED) is 0.769. The van der Waals surface area contributed by atoms with Gasteiger partial charge in [-0.25, -0.2) is 0 Å². The standard InChI is InChI=1S/C16H16F3N3O3/c1-9(20-13(23)6-7-16(17,18)19)14(24)22-12-8-10-4-2-3-5-11(10)21-15(12)25/h2-5,8-9H,6-7H2,1H3,(H,20,23)(H,21,25)(H,22,24)/t9-/m0/s1. The van der Waals surface area contributed by atoms with Gasteiger partial charge < -0.3 is 15.6 Å². The lowest BCUT2D eigenvalue weighted by Gasteiger charge is -2.14. The number of pyridine rings is 1. The van der Waals surface area contributed by atoms with Crippen molar-refractivity contribution in [1.29, 1.82) is 0 Å². The Bertz CT molecular complexity index is 846. The second-order valence-corrected chi connectivity index (χ2v) is 5.49. The molecule has 0 aliphatic carbocycles. The Morgan fingerprint density at radius 1 is 1.24 bits per heavy atom. The first-order chi connectivity index (χ1) is 11.7. The first kappa shape index (κ1) is 18.5. The fourth-order valence-corrected chi connectivity index (χ4v) is 2.12. The third-order valence-electron chi connectivity index (χ3n) is 3.42. The molecule has 0 saturated carbocycles. The molecule has 0 spiro atoms. The molecule has 3 N–H and O–H groups in total. The molecule has 0 aliphatic rings. The van der Waals surface area contributed by atoms with Crippen molar-refractivity contribution in [3.05, 3.63) is 40.7 Å². The van der Waals surface area contributed by atoms with E-state index in [2.05, 4.69) is 15.6 Å². The Morgan fingerprint density at radius 3 is 2.60 bits per heavy atom. The number of hydrogen-bond acceptors (Lipinski definition) is 3. The molecule has 25 heavy (non-hydrogen) atoms. The molecule has 0 radical (unpaired) electrons. The molecule has 1 heterocycles. The Kier molecular flexibility index (Phi) is 5.45. The largest absolute Gasteiger partial charge is 0.389 e. The van der Waals surface area contributed by atoms with Crippen LogP contribution in [0.15, 0.2) is 35.1 Å². The number of carbonyl (C=O) groups excluding carboxylic acids is 2. The SMILES string of the molecule is C[C@H](NC(=O)CCC(F)(F)F)C(=O)Nc1cc2ccccc2[nH]c1=O. The van der Waals surface area contributed by atoms with E-state index in [9.17, 15) is 27.6 Å². The maximum Gasteiger partial charge on any atom is 0.389 e. The van der Waals surface area contributed by atoms with Crippen LogP contribution in [0.2, 0.25) is 0 Å². The molecule has 134 valence electrons. The zero-order valence-corrected chi connectivity index (χ0v) is 13.2. The molecule has 0 aliphatic heterocycles. The highest BCUT2D eigenvalue weighted by atomic mass is 19.4. The maximum atomic E-state index is 12.1. The Morgan fingerprint density at radius 2 is 1.92 bits per heavy atom. The van der Waals surface area contributed by atoms with Crippen LogP contribution in [-0.2, 0) is 9.59 Å². The van der Waals surface area contributed by atoms with Crippen molar-refractivity contribution in [3.63, 3.8) is 0 Å². The fourth-order valence-electron chi connectivity index (χ4n) is 2.12. The van der Waals surface area contributed by atoms with Crippen molar-refractivity contribution in [2.45, 2.75) is 32.0 Å². The first-order valence-electron chi connectivity index (χ1n) is 7.45. The summed E-state index contributed by atoms with van der Waals surface area (Å²) in [5.41, 5.74) is 0.0572. The van der Waals surface area contributed by atoms with Crippen LogP contribution in [0.4, 0.5) is 18.9 Å². The van der Waals surface area contributed by atoms with Gasteiger partial charge in [0.2, 0.25) is 11.8 Å². The molecular weight excluding hydrogens is 339 g/mol. The van der Waals surface area contributed by atoms with Crippen LogP contribution in [0.5, 0.6) is 0 Å². The van der Waals surface area contributed by atoms with Gasteiger partial charge in [0, 0.05) is 17.3 Å². The topological polar surface area (TPSA) is 91.1 Å². The van der Waals surface area contributed by atoms with Crippen molar-refractivity contribution in [2.75, 3.05) is 5.32 Å². The van der Waals surface area contributed by atoms with Crippen LogP contribution in [0.1, 0.15) is 19.8 Å². The number of hydrogen-bond donors (Lipinski definition) is 3. The van der Waals surface area contributed by atoms with Crippen molar-refractivity contribution in [1.82, 2.24) is 10.3 Å². The number of halogens is 3. The molecule has 9 heteroatoms. The van der Waals surface area contributed by atoms with Gasteiger partial charge in [0.15, 0.2) is 0 Å². The molecule has 2 amide bonds. The Balaban J connectivity index is 2.00. The normalized spacial score (nSPS) is 12.6. The summed E-state index contributed by atoms with van der Waals surface area (Å²) in [6.07, 6.45) is -6.48. The molecule has 0 unspecified atom stereocenters. The third-order valence-corrected chi connectivity index (χ3v) is 3.42. The summed E-state index contributed by atoms with van der Waals surface area (Å²) in [6, 6.07) is 7.33. The first-order valence-corrected chi connectivity index (χ1v) is 7.45. The molecule has 6 nitrogen and oxygen atoms in total. The van der Waals surface area contributed by atoms with Crippen LogP contribution in [0, 0.1) is 0 Å². The molecule has 0 fully saturated rings. The Labute approximate surface area is 140 Å². The third kappa shape index (κ3) is 5.33. The van der Waals surface area contributed by atoms with Crippen LogP contribution >= 0.6 is 0 Å². The van der Waals surface area contributed by atoms with Gasteiger partial charge in [-0.15, -0.1) is 0 Å². The number of aromatic amines is 1. The number of nitrogens with one attached hydrogen (secondary N) is 3. The summed E-state index contributed by atoms with van der Waals surface area (Å²) in [5.74, 6) is -1.60. The molecular formula is C16H16F3N3O3. The highest BCUT2D eigenvalue weighted by molar-refractivity contribution is 5.98. The van der Waals surface area contributed by atoms with E-state index in [-0.39, 0.29) is 5.69 Å². The molecule has 0 bridgehead atoms. The predicted octanol–water partition coefficient (Wildman–Crippen LogP) is 2.31. The van der Waals surface area contributed by atoms with Crippen molar-refractivity contribution in [2.24, 2.45) is 0 Å². The average molecular weight is 355 g/mol. The van der Waals surface area contributed by atoms with E-state index in [1.165, 1.54) is 13.0 Å². The minimum Gasteiger partial charge on any atom is -0.345 e. The number of benzene rings is 1. The van der Waals surface area contributed by atoms with Gasteiger partial charge in [0.25, 0.3) is 5.56 Å². The number of para-hydroxylation sites is 1. The van der Waals surface area contributed by atoms with Gasteiger partial charge in [-0.3, -0.25) is 14.4 Å². The zero-order chi connectivity index (χ0) is 18.6. The van der Waals surface area contributed by atoms with Gasteiger partial charge in [-0.05, 0) is 19.1 Å². The van der Waals surface area contributed by atoms with Gasteiger partial charge in [-0.2, -0.15) is 13.2 Å². The summed E-state index contributed by atoms with van der Waals surface area (Å²) < 4.78 is 36.2. The highest BCUT2D eigenvalue weighted by Gasteiger charge is 2.28. The van der Waals surface area contributed by atoms with Crippen molar-refractivity contribution in [3.8, 4) is 0 Å². The zero-order valence-electron chi connectivity index (χ0n) is 13.2. The van der Waals surface area contributed by atoms with Crippen LogP contribution in [0.3, 0.4) is 0 Å². The maximum absolute atomic E-state index is 12.1. The minimum absolute atomic E-state index is 0.0138. The van der Waals surface area contributed by atoms with E-state index < -0.39 is 42.4 Å². The number of rotatable bonds is 5. The lowest BCUT2D eigenvalue weighted by Crippen LogP contribution is -2.42. The number of amides is 2. The molecule has 0 saturated heterocycles. The summed E-state index contributed by atoms with van der Waals surface area (Å²) in [4.78, 5) is 38.0. The Hall–Kier alpha value is -2.84. The summed E-state index contributed by atoms with van der Waals surface area (Å²) in [5, 5.41) is 5.22. The second kappa shape index (κ2) is 7.37. The molecule has 1 atom stereocenters. The van der Waals surface area contributed by atoms with E-state index in [1.807, 2.05) is 0 Å².